The molecule has 1 atom stereocenters. The van der Waals surface area contributed by atoms with Crippen LogP contribution in [0.1, 0.15) is 39.5 Å². The summed E-state index contributed by atoms with van der Waals surface area (Å²) in [6, 6.07) is 0.307. The summed E-state index contributed by atoms with van der Waals surface area (Å²) >= 11 is 0. The summed E-state index contributed by atoms with van der Waals surface area (Å²) in [6.07, 6.45) is 4.67. The normalized spacial score (nSPS) is 16.9. The first-order chi connectivity index (χ1) is 7.11. The van der Waals surface area contributed by atoms with Gasteiger partial charge in [0.05, 0.1) is 6.54 Å². The van der Waals surface area contributed by atoms with Gasteiger partial charge in [0.25, 0.3) is 0 Å². The molecule has 1 rings (SSSR count). The summed E-state index contributed by atoms with van der Waals surface area (Å²) in [4.78, 5) is 11.5. The van der Waals surface area contributed by atoms with Crippen LogP contribution in [0.2, 0.25) is 0 Å². The zero-order valence-corrected chi connectivity index (χ0v) is 9.81. The lowest BCUT2D eigenvalue weighted by Gasteiger charge is -2.14. The van der Waals surface area contributed by atoms with E-state index >= 15 is 0 Å². The highest BCUT2D eigenvalue weighted by Crippen LogP contribution is 2.33. The van der Waals surface area contributed by atoms with Gasteiger partial charge < -0.3 is 10.6 Å². The molecule has 1 amide bonds. The van der Waals surface area contributed by atoms with Gasteiger partial charge in [-0.15, -0.1) is 0 Å². The second-order valence-corrected chi connectivity index (χ2v) is 4.46. The average Bonchev–Trinajstić information content (AvgIpc) is 2.97. The largest absolute Gasteiger partial charge is 0.380 e. The molecular weight excluding hydrogens is 188 g/mol. The summed E-state index contributed by atoms with van der Waals surface area (Å²) in [7, 11) is 0. The van der Waals surface area contributed by atoms with Crippen molar-refractivity contribution in [2.75, 3.05) is 6.54 Å². The fraction of sp³-hybridized carbons (Fsp3) is 0.750. The van der Waals surface area contributed by atoms with E-state index in [1.54, 1.807) is 0 Å². The summed E-state index contributed by atoms with van der Waals surface area (Å²) in [5.74, 6) is 0.927. The van der Waals surface area contributed by atoms with E-state index in [0.717, 1.165) is 24.5 Å². The monoisotopic (exact) mass is 210 g/mol. The molecule has 0 saturated heterocycles. The van der Waals surface area contributed by atoms with Crippen molar-refractivity contribution in [1.82, 2.24) is 10.6 Å². The Balaban J connectivity index is 2.08. The molecule has 0 spiro atoms. The van der Waals surface area contributed by atoms with Crippen molar-refractivity contribution >= 4 is 5.91 Å². The first-order valence-electron chi connectivity index (χ1n) is 5.82. The number of hydrogen-bond acceptors (Lipinski definition) is 2. The number of rotatable bonds is 7. The minimum absolute atomic E-state index is 0.0674. The molecule has 0 aliphatic heterocycles. The highest BCUT2D eigenvalue weighted by molar-refractivity contribution is 5.78. The third-order valence-electron chi connectivity index (χ3n) is 2.72. The lowest BCUT2D eigenvalue weighted by molar-refractivity contribution is -0.120. The highest BCUT2D eigenvalue weighted by Gasteiger charge is 2.23. The first-order valence-corrected chi connectivity index (χ1v) is 5.82. The lowest BCUT2D eigenvalue weighted by Crippen LogP contribution is -2.38. The Kier molecular flexibility index (Phi) is 4.66. The molecule has 86 valence electrons. The van der Waals surface area contributed by atoms with E-state index in [0.29, 0.717) is 12.6 Å². The van der Waals surface area contributed by atoms with Gasteiger partial charge in [-0.25, -0.2) is 0 Å². The molecular formula is C12H22N2O. The minimum atomic E-state index is 0.0674. The Labute approximate surface area is 92.3 Å². The molecule has 15 heavy (non-hydrogen) atoms. The van der Waals surface area contributed by atoms with Crippen LogP contribution in [0, 0.1) is 5.92 Å². The van der Waals surface area contributed by atoms with Gasteiger partial charge in [0.15, 0.2) is 0 Å². The second-order valence-electron chi connectivity index (χ2n) is 4.46. The van der Waals surface area contributed by atoms with Crippen LogP contribution in [-0.4, -0.2) is 18.5 Å². The Bertz CT molecular complexity index is 234. The molecule has 0 heterocycles. The van der Waals surface area contributed by atoms with Gasteiger partial charge in [-0.2, -0.15) is 0 Å². The van der Waals surface area contributed by atoms with Crippen LogP contribution in [-0.2, 0) is 4.79 Å². The SMILES string of the molecule is C=C(CC)NCC(=O)NC(C)CC1CC1. The molecule has 3 nitrogen and oxygen atoms in total. The quantitative estimate of drug-likeness (QED) is 0.673. The van der Waals surface area contributed by atoms with E-state index in [4.69, 9.17) is 0 Å². The van der Waals surface area contributed by atoms with Crippen molar-refractivity contribution in [3.63, 3.8) is 0 Å². The predicted molar refractivity (Wildman–Crippen MR) is 62.4 cm³/mol. The van der Waals surface area contributed by atoms with Crippen molar-refractivity contribution in [2.45, 2.75) is 45.6 Å². The van der Waals surface area contributed by atoms with Gasteiger partial charge in [0.2, 0.25) is 5.91 Å². The number of nitrogens with one attached hydrogen (secondary N) is 2. The van der Waals surface area contributed by atoms with Crippen LogP contribution in [0.5, 0.6) is 0 Å². The van der Waals surface area contributed by atoms with Crippen LogP contribution in [0.3, 0.4) is 0 Å². The van der Waals surface area contributed by atoms with Gasteiger partial charge in [-0.3, -0.25) is 4.79 Å². The molecule has 0 aromatic rings. The van der Waals surface area contributed by atoms with Crippen LogP contribution >= 0.6 is 0 Å². The number of allylic oxidation sites excluding steroid dienone is 1. The average molecular weight is 210 g/mol. The van der Waals surface area contributed by atoms with Crippen LogP contribution in [0.15, 0.2) is 12.3 Å². The molecule has 2 N–H and O–H groups in total. The molecule has 0 aromatic heterocycles. The topological polar surface area (TPSA) is 41.1 Å². The van der Waals surface area contributed by atoms with E-state index in [-0.39, 0.29) is 5.91 Å². The molecule has 0 bridgehead atoms. The summed E-state index contributed by atoms with van der Waals surface area (Å²) in [6.45, 7) is 8.23. The van der Waals surface area contributed by atoms with E-state index in [2.05, 4.69) is 24.1 Å². The minimum Gasteiger partial charge on any atom is -0.380 e. The Morgan fingerprint density at radius 3 is 2.73 bits per heavy atom. The molecule has 1 aliphatic carbocycles. The maximum atomic E-state index is 11.5. The number of carbonyl (C=O) groups is 1. The van der Waals surface area contributed by atoms with Crippen LogP contribution in [0.4, 0.5) is 0 Å². The van der Waals surface area contributed by atoms with Crippen molar-refractivity contribution < 1.29 is 4.79 Å². The zero-order valence-electron chi connectivity index (χ0n) is 9.81. The standard InChI is InChI=1S/C12H22N2O/c1-4-9(2)13-8-12(15)14-10(3)7-11-5-6-11/h10-11,13H,2,4-8H2,1,3H3,(H,14,15). The van der Waals surface area contributed by atoms with Gasteiger partial charge in [-0.05, 0) is 25.7 Å². The highest BCUT2D eigenvalue weighted by atomic mass is 16.1. The fourth-order valence-corrected chi connectivity index (χ4v) is 1.57. The molecule has 1 fully saturated rings. The number of carbonyl (C=O) groups excluding carboxylic acids is 1. The van der Waals surface area contributed by atoms with Crippen molar-refractivity contribution in [1.29, 1.82) is 0 Å². The van der Waals surface area contributed by atoms with Crippen LogP contribution < -0.4 is 10.6 Å². The predicted octanol–water partition coefficient (Wildman–Crippen LogP) is 1.80. The van der Waals surface area contributed by atoms with Gasteiger partial charge in [0, 0.05) is 11.7 Å². The molecule has 3 heteroatoms. The second kappa shape index (κ2) is 5.79. The fourth-order valence-electron chi connectivity index (χ4n) is 1.57. The smallest absolute Gasteiger partial charge is 0.239 e. The lowest BCUT2D eigenvalue weighted by atomic mass is 10.1. The van der Waals surface area contributed by atoms with Gasteiger partial charge >= 0.3 is 0 Å². The van der Waals surface area contributed by atoms with Gasteiger partial charge in [-0.1, -0.05) is 26.3 Å². The van der Waals surface area contributed by atoms with Crippen molar-refractivity contribution in [3.05, 3.63) is 12.3 Å². The number of amides is 1. The molecule has 1 unspecified atom stereocenters. The molecule has 1 saturated carbocycles. The third-order valence-corrected chi connectivity index (χ3v) is 2.72. The summed E-state index contributed by atoms with van der Waals surface area (Å²) < 4.78 is 0. The summed E-state index contributed by atoms with van der Waals surface area (Å²) in [5.41, 5.74) is 0.917. The maximum absolute atomic E-state index is 11.5. The van der Waals surface area contributed by atoms with Crippen molar-refractivity contribution in [2.24, 2.45) is 5.92 Å². The van der Waals surface area contributed by atoms with Gasteiger partial charge in [0.1, 0.15) is 0 Å². The van der Waals surface area contributed by atoms with E-state index in [1.165, 1.54) is 12.8 Å². The Morgan fingerprint density at radius 1 is 1.53 bits per heavy atom. The van der Waals surface area contributed by atoms with Crippen molar-refractivity contribution in [3.8, 4) is 0 Å². The van der Waals surface area contributed by atoms with E-state index in [9.17, 15) is 4.79 Å². The van der Waals surface area contributed by atoms with E-state index in [1.807, 2.05) is 6.92 Å². The first kappa shape index (κ1) is 12.1. The van der Waals surface area contributed by atoms with E-state index < -0.39 is 0 Å². The molecule has 0 radical (unpaired) electrons. The maximum Gasteiger partial charge on any atom is 0.239 e. The molecule has 0 aromatic carbocycles. The van der Waals surface area contributed by atoms with Crippen LogP contribution in [0.25, 0.3) is 0 Å². The third kappa shape index (κ3) is 5.45. The number of hydrogen-bond donors (Lipinski definition) is 2. The summed E-state index contributed by atoms with van der Waals surface area (Å²) in [5, 5.41) is 5.99. The zero-order chi connectivity index (χ0) is 11.3. The Hall–Kier alpha value is -0.990. The molecule has 1 aliphatic rings. The Morgan fingerprint density at radius 2 is 2.20 bits per heavy atom.